The Morgan fingerprint density at radius 2 is 2.04 bits per heavy atom. The monoisotopic (exact) mass is 385 g/mol. The molecule has 1 saturated heterocycles. The molecule has 148 valence electrons. The van der Waals surface area contributed by atoms with Gasteiger partial charge in [0.15, 0.2) is 0 Å². The second-order valence-corrected chi connectivity index (χ2v) is 6.70. The van der Waals surface area contributed by atoms with E-state index >= 15 is 0 Å². The highest BCUT2D eigenvalue weighted by Crippen LogP contribution is 2.24. The van der Waals surface area contributed by atoms with Crippen LogP contribution in [0.3, 0.4) is 0 Å². The molecule has 3 amide bonds. The maximum absolute atomic E-state index is 12.7. The molecule has 2 atom stereocenters. The van der Waals surface area contributed by atoms with Gasteiger partial charge >= 0.3 is 0 Å². The fourth-order valence-corrected chi connectivity index (χ4v) is 3.21. The number of phenols is 1. The van der Waals surface area contributed by atoms with Crippen LogP contribution in [0.1, 0.15) is 35.9 Å². The van der Waals surface area contributed by atoms with Gasteiger partial charge in [-0.2, -0.15) is 0 Å². The Hall–Kier alpha value is -3.29. The van der Waals surface area contributed by atoms with Crippen LogP contribution >= 0.6 is 0 Å². The van der Waals surface area contributed by atoms with E-state index in [1.54, 1.807) is 31.2 Å². The Balaban J connectivity index is 1.58. The molecule has 0 saturated carbocycles. The van der Waals surface area contributed by atoms with Gasteiger partial charge in [-0.05, 0) is 44.0 Å². The Kier molecular flexibility index (Phi) is 5.98. The molecule has 1 aromatic carbocycles. The number of furan rings is 1. The summed E-state index contributed by atoms with van der Waals surface area (Å²) in [6.45, 7) is 2.23. The molecule has 2 aromatic rings. The minimum Gasteiger partial charge on any atom is -0.507 e. The van der Waals surface area contributed by atoms with E-state index in [0.717, 1.165) is 0 Å². The highest BCUT2D eigenvalue weighted by atomic mass is 16.3. The van der Waals surface area contributed by atoms with Crippen LogP contribution < -0.4 is 10.6 Å². The lowest BCUT2D eigenvalue weighted by atomic mass is 10.1. The Morgan fingerprint density at radius 1 is 1.25 bits per heavy atom. The van der Waals surface area contributed by atoms with Gasteiger partial charge in [-0.25, -0.2) is 0 Å². The van der Waals surface area contributed by atoms with E-state index in [2.05, 4.69) is 10.6 Å². The molecule has 0 bridgehead atoms. The minimum absolute atomic E-state index is 0.121. The zero-order chi connectivity index (χ0) is 20.1. The van der Waals surface area contributed by atoms with E-state index in [1.165, 1.54) is 23.3 Å². The largest absolute Gasteiger partial charge is 0.507 e. The third-order valence-corrected chi connectivity index (χ3v) is 4.72. The molecule has 2 unspecified atom stereocenters. The average Bonchev–Trinajstić information content (AvgIpc) is 3.37. The van der Waals surface area contributed by atoms with Crippen LogP contribution in [0.15, 0.2) is 47.1 Å². The van der Waals surface area contributed by atoms with Crippen molar-refractivity contribution >= 4 is 17.7 Å². The lowest BCUT2D eigenvalue weighted by molar-refractivity contribution is -0.130. The minimum atomic E-state index is -0.759. The molecule has 8 heteroatoms. The number of para-hydroxylation sites is 1. The van der Waals surface area contributed by atoms with Crippen LogP contribution in [-0.2, 0) is 16.1 Å². The van der Waals surface area contributed by atoms with Crippen molar-refractivity contribution in [1.29, 1.82) is 0 Å². The zero-order valence-corrected chi connectivity index (χ0v) is 15.6. The van der Waals surface area contributed by atoms with E-state index in [4.69, 9.17) is 4.42 Å². The molecular weight excluding hydrogens is 362 g/mol. The van der Waals surface area contributed by atoms with Crippen molar-refractivity contribution in [3.05, 3.63) is 54.0 Å². The van der Waals surface area contributed by atoms with Crippen molar-refractivity contribution in [2.45, 2.75) is 38.4 Å². The summed E-state index contributed by atoms with van der Waals surface area (Å²) < 4.78 is 5.15. The van der Waals surface area contributed by atoms with Crippen LogP contribution in [0, 0.1) is 0 Å². The van der Waals surface area contributed by atoms with Crippen molar-refractivity contribution in [2.75, 3.05) is 6.54 Å². The number of nitrogens with zero attached hydrogens (tertiary/aromatic N) is 1. The van der Waals surface area contributed by atoms with Gasteiger partial charge < -0.3 is 25.1 Å². The van der Waals surface area contributed by atoms with Crippen LogP contribution in [0.5, 0.6) is 5.75 Å². The normalized spacial score (nSPS) is 17.2. The second-order valence-electron chi connectivity index (χ2n) is 6.70. The van der Waals surface area contributed by atoms with Crippen LogP contribution in [0.25, 0.3) is 0 Å². The maximum Gasteiger partial charge on any atom is 0.258 e. The highest BCUT2D eigenvalue weighted by molar-refractivity contribution is 6.00. The summed E-state index contributed by atoms with van der Waals surface area (Å²) in [4.78, 5) is 39.0. The third-order valence-electron chi connectivity index (χ3n) is 4.72. The molecule has 3 rings (SSSR count). The molecule has 1 fully saturated rings. The van der Waals surface area contributed by atoms with Crippen molar-refractivity contribution in [1.82, 2.24) is 15.5 Å². The number of phenolic OH excluding ortho intramolecular Hbond substituents is 1. The fraction of sp³-hybridized carbons (Fsp3) is 0.350. The number of amides is 3. The van der Waals surface area contributed by atoms with Gasteiger partial charge in [0, 0.05) is 6.54 Å². The summed E-state index contributed by atoms with van der Waals surface area (Å²) in [5.41, 5.74) is 0.159. The first-order valence-electron chi connectivity index (χ1n) is 9.17. The Morgan fingerprint density at radius 3 is 2.75 bits per heavy atom. The molecule has 1 aromatic heterocycles. The van der Waals surface area contributed by atoms with Gasteiger partial charge in [0.1, 0.15) is 23.6 Å². The molecule has 3 N–H and O–H groups in total. The molecule has 8 nitrogen and oxygen atoms in total. The molecule has 0 radical (unpaired) electrons. The number of carbonyl (C=O) groups excluding carboxylic acids is 3. The summed E-state index contributed by atoms with van der Waals surface area (Å²) in [5.74, 6) is -0.639. The standard InChI is InChI=1S/C20H23N3O5/c1-13(18(25)21-12-14-6-5-11-28-14)22-19(26)16-8-4-10-23(16)20(27)15-7-2-3-9-17(15)24/h2-3,5-7,9,11,13,16,24H,4,8,10,12H2,1H3,(H,21,25)(H,22,26). The fourth-order valence-electron chi connectivity index (χ4n) is 3.21. The molecule has 1 aliphatic heterocycles. The van der Waals surface area contributed by atoms with Gasteiger partial charge in [0.2, 0.25) is 11.8 Å². The van der Waals surface area contributed by atoms with Crippen molar-refractivity contribution in [3.63, 3.8) is 0 Å². The van der Waals surface area contributed by atoms with E-state index in [1.807, 2.05) is 0 Å². The molecule has 0 aliphatic carbocycles. The molecule has 0 spiro atoms. The van der Waals surface area contributed by atoms with E-state index in [-0.39, 0.29) is 29.7 Å². The molecular formula is C20H23N3O5. The third kappa shape index (κ3) is 4.33. The number of nitrogens with one attached hydrogen (secondary N) is 2. The van der Waals surface area contributed by atoms with Gasteiger partial charge in [-0.1, -0.05) is 12.1 Å². The van der Waals surface area contributed by atoms with E-state index in [9.17, 15) is 19.5 Å². The summed E-state index contributed by atoms with van der Waals surface area (Å²) in [6.07, 6.45) is 2.70. The lowest BCUT2D eigenvalue weighted by Gasteiger charge is -2.25. The molecule has 1 aliphatic rings. The van der Waals surface area contributed by atoms with Crippen LogP contribution in [0.4, 0.5) is 0 Å². The van der Waals surface area contributed by atoms with Gasteiger partial charge in [0.25, 0.3) is 5.91 Å². The van der Waals surface area contributed by atoms with Gasteiger partial charge in [-0.3, -0.25) is 14.4 Å². The first-order chi connectivity index (χ1) is 13.5. The molecule has 2 heterocycles. The average molecular weight is 385 g/mol. The topological polar surface area (TPSA) is 112 Å². The SMILES string of the molecule is CC(NC(=O)C1CCCN1C(=O)c1ccccc1O)C(=O)NCc1ccco1. The molecule has 28 heavy (non-hydrogen) atoms. The predicted molar refractivity (Wildman–Crippen MR) is 100 cm³/mol. The maximum atomic E-state index is 12.7. The quantitative estimate of drug-likeness (QED) is 0.696. The van der Waals surface area contributed by atoms with Crippen molar-refractivity contribution < 1.29 is 23.9 Å². The number of rotatable bonds is 6. The van der Waals surface area contributed by atoms with Crippen molar-refractivity contribution in [2.24, 2.45) is 0 Å². The second kappa shape index (κ2) is 8.60. The van der Waals surface area contributed by atoms with Crippen molar-refractivity contribution in [3.8, 4) is 5.75 Å². The summed E-state index contributed by atoms with van der Waals surface area (Å²) in [7, 11) is 0. The lowest BCUT2D eigenvalue weighted by Crippen LogP contribution is -2.52. The summed E-state index contributed by atoms with van der Waals surface area (Å²) in [6, 6.07) is 8.28. The number of benzene rings is 1. The number of likely N-dealkylation sites (tertiary alicyclic amines) is 1. The smallest absolute Gasteiger partial charge is 0.258 e. The van der Waals surface area contributed by atoms with Gasteiger partial charge in [-0.15, -0.1) is 0 Å². The Labute approximate surface area is 162 Å². The van der Waals surface area contributed by atoms with E-state index in [0.29, 0.717) is 25.1 Å². The summed E-state index contributed by atoms with van der Waals surface area (Å²) in [5, 5.41) is 15.3. The van der Waals surface area contributed by atoms with E-state index < -0.39 is 18.0 Å². The number of aromatic hydroxyl groups is 1. The first-order valence-corrected chi connectivity index (χ1v) is 9.17. The van der Waals surface area contributed by atoms with Gasteiger partial charge in [0.05, 0.1) is 18.4 Å². The first kappa shape index (κ1) is 19.5. The highest BCUT2D eigenvalue weighted by Gasteiger charge is 2.36. The predicted octanol–water partition coefficient (Wildman–Crippen LogP) is 1.41. The Bertz CT molecular complexity index is 849. The van der Waals surface area contributed by atoms with Crippen LogP contribution in [0.2, 0.25) is 0 Å². The summed E-state index contributed by atoms with van der Waals surface area (Å²) >= 11 is 0. The van der Waals surface area contributed by atoms with Crippen LogP contribution in [-0.4, -0.2) is 46.4 Å². The number of hydrogen-bond donors (Lipinski definition) is 3. The number of carbonyl (C=O) groups is 3. The zero-order valence-electron chi connectivity index (χ0n) is 15.6. The number of hydrogen-bond acceptors (Lipinski definition) is 5.